The molecule has 8 nitrogen and oxygen atoms in total. The molecule has 1 atom stereocenters. The summed E-state index contributed by atoms with van der Waals surface area (Å²) < 4.78 is 12.7. The van der Waals surface area contributed by atoms with E-state index in [9.17, 15) is 4.79 Å². The molecule has 2 aromatic heterocycles. The SMILES string of the molecule is Cc1noc(C(NC(=O)NCc2ccn(C)c2)C2CCOCC2)n1. The Hall–Kier alpha value is -2.35. The van der Waals surface area contributed by atoms with Crippen LogP contribution in [0.15, 0.2) is 23.0 Å². The van der Waals surface area contributed by atoms with Gasteiger partial charge in [0.25, 0.3) is 0 Å². The van der Waals surface area contributed by atoms with Gasteiger partial charge in [-0.2, -0.15) is 4.98 Å². The van der Waals surface area contributed by atoms with E-state index in [0.717, 1.165) is 18.4 Å². The molecule has 1 aliphatic rings. The summed E-state index contributed by atoms with van der Waals surface area (Å²) >= 11 is 0. The average Bonchev–Trinajstić information content (AvgIpc) is 3.20. The van der Waals surface area contributed by atoms with Crippen molar-refractivity contribution in [3.8, 4) is 0 Å². The fourth-order valence-corrected chi connectivity index (χ4v) is 2.91. The second kappa shape index (κ2) is 7.48. The molecule has 0 aromatic carbocycles. The summed E-state index contributed by atoms with van der Waals surface area (Å²) in [5.74, 6) is 1.24. The van der Waals surface area contributed by atoms with Gasteiger partial charge in [-0.15, -0.1) is 0 Å². The van der Waals surface area contributed by atoms with Crippen LogP contribution in [0.1, 0.15) is 36.2 Å². The smallest absolute Gasteiger partial charge is 0.315 e. The van der Waals surface area contributed by atoms with Crippen LogP contribution < -0.4 is 10.6 Å². The van der Waals surface area contributed by atoms with Gasteiger partial charge in [0.05, 0.1) is 0 Å². The lowest BCUT2D eigenvalue weighted by atomic mass is 9.91. The van der Waals surface area contributed by atoms with Gasteiger partial charge in [0.2, 0.25) is 5.89 Å². The third-order valence-electron chi connectivity index (χ3n) is 4.18. The molecule has 8 heteroatoms. The summed E-state index contributed by atoms with van der Waals surface area (Å²) in [4.78, 5) is 16.6. The maximum Gasteiger partial charge on any atom is 0.315 e. The number of nitrogens with zero attached hydrogens (tertiary/aromatic N) is 3. The van der Waals surface area contributed by atoms with Crippen molar-refractivity contribution in [2.24, 2.45) is 13.0 Å². The van der Waals surface area contributed by atoms with E-state index in [-0.39, 0.29) is 18.0 Å². The number of aromatic nitrogens is 3. The number of urea groups is 1. The standard InChI is InChI=1S/C16H23N5O3/c1-11-18-15(24-20-11)14(13-4-7-23-8-5-13)19-16(22)17-9-12-3-6-21(2)10-12/h3,6,10,13-14H,4-5,7-9H2,1-2H3,(H2,17,19,22). The van der Waals surface area contributed by atoms with E-state index in [1.165, 1.54) is 0 Å². The van der Waals surface area contributed by atoms with Gasteiger partial charge in [-0.25, -0.2) is 4.79 Å². The summed E-state index contributed by atoms with van der Waals surface area (Å²) in [6, 6.07) is 1.43. The van der Waals surface area contributed by atoms with Gasteiger partial charge in [0, 0.05) is 39.2 Å². The second-order valence-electron chi connectivity index (χ2n) is 6.12. The summed E-state index contributed by atoms with van der Waals surface area (Å²) in [5.41, 5.74) is 1.05. The minimum absolute atomic E-state index is 0.223. The Kier molecular flexibility index (Phi) is 5.14. The first kappa shape index (κ1) is 16.5. The zero-order valence-corrected chi connectivity index (χ0v) is 14.0. The van der Waals surface area contributed by atoms with E-state index in [1.54, 1.807) is 6.92 Å². The van der Waals surface area contributed by atoms with Crippen molar-refractivity contribution in [2.45, 2.75) is 32.4 Å². The Bertz CT molecular complexity index is 675. The lowest BCUT2D eigenvalue weighted by Crippen LogP contribution is -2.41. The van der Waals surface area contributed by atoms with Gasteiger partial charge in [-0.1, -0.05) is 5.16 Å². The van der Waals surface area contributed by atoms with Gasteiger partial charge in [0.1, 0.15) is 6.04 Å². The van der Waals surface area contributed by atoms with Gasteiger partial charge in [-0.05, 0) is 37.3 Å². The molecule has 0 aliphatic carbocycles. The first-order chi connectivity index (χ1) is 11.6. The van der Waals surface area contributed by atoms with Crippen LogP contribution in [0.2, 0.25) is 0 Å². The molecule has 1 saturated heterocycles. The van der Waals surface area contributed by atoms with Crippen LogP contribution in [0.4, 0.5) is 4.79 Å². The van der Waals surface area contributed by atoms with Crippen molar-refractivity contribution in [1.82, 2.24) is 25.3 Å². The maximum atomic E-state index is 12.3. The molecular formula is C16H23N5O3. The predicted molar refractivity (Wildman–Crippen MR) is 86.1 cm³/mol. The largest absolute Gasteiger partial charge is 0.381 e. The highest BCUT2D eigenvalue weighted by atomic mass is 16.5. The number of aryl methyl sites for hydroxylation is 2. The summed E-state index contributed by atoms with van der Waals surface area (Å²) in [6.07, 6.45) is 5.62. The van der Waals surface area contributed by atoms with Gasteiger partial charge < -0.3 is 24.5 Å². The Balaban J connectivity index is 1.63. The van der Waals surface area contributed by atoms with E-state index in [0.29, 0.717) is 31.5 Å². The minimum atomic E-state index is -0.300. The van der Waals surface area contributed by atoms with E-state index in [4.69, 9.17) is 9.26 Å². The number of hydrogen-bond acceptors (Lipinski definition) is 5. The molecule has 2 N–H and O–H groups in total. The number of carbonyl (C=O) groups is 1. The van der Waals surface area contributed by atoms with Crippen LogP contribution >= 0.6 is 0 Å². The molecule has 0 spiro atoms. The maximum absolute atomic E-state index is 12.3. The topological polar surface area (TPSA) is 94.2 Å². The monoisotopic (exact) mass is 333 g/mol. The summed E-state index contributed by atoms with van der Waals surface area (Å²) in [5, 5.41) is 9.70. The zero-order chi connectivity index (χ0) is 16.9. The fourth-order valence-electron chi connectivity index (χ4n) is 2.91. The lowest BCUT2D eigenvalue weighted by Gasteiger charge is -2.28. The molecule has 1 unspecified atom stereocenters. The molecule has 3 rings (SSSR count). The molecule has 0 saturated carbocycles. The summed E-state index contributed by atoms with van der Waals surface area (Å²) in [6.45, 7) is 3.60. The van der Waals surface area contributed by atoms with Crippen LogP contribution in [0.3, 0.4) is 0 Å². The highest BCUT2D eigenvalue weighted by molar-refractivity contribution is 5.74. The van der Waals surface area contributed by atoms with E-state index < -0.39 is 0 Å². The molecule has 1 aliphatic heterocycles. The van der Waals surface area contributed by atoms with Crippen LogP contribution in [0.25, 0.3) is 0 Å². The third kappa shape index (κ3) is 4.14. The van der Waals surface area contributed by atoms with Crippen molar-refractivity contribution < 1.29 is 14.1 Å². The molecule has 1 fully saturated rings. The Morgan fingerprint density at radius 1 is 1.46 bits per heavy atom. The normalized spacial score (nSPS) is 16.8. The van der Waals surface area contributed by atoms with Crippen molar-refractivity contribution in [3.63, 3.8) is 0 Å². The second-order valence-corrected chi connectivity index (χ2v) is 6.12. The molecule has 2 amide bonds. The molecule has 130 valence electrons. The Labute approximate surface area is 140 Å². The van der Waals surface area contributed by atoms with Crippen LogP contribution in [0, 0.1) is 12.8 Å². The van der Waals surface area contributed by atoms with Gasteiger partial charge >= 0.3 is 6.03 Å². The molecular weight excluding hydrogens is 310 g/mol. The van der Waals surface area contributed by atoms with Crippen molar-refractivity contribution in [3.05, 3.63) is 35.7 Å². The van der Waals surface area contributed by atoms with Crippen molar-refractivity contribution in [2.75, 3.05) is 13.2 Å². The zero-order valence-electron chi connectivity index (χ0n) is 14.0. The Morgan fingerprint density at radius 2 is 2.25 bits per heavy atom. The Morgan fingerprint density at radius 3 is 2.88 bits per heavy atom. The van der Waals surface area contributed by atoms with Crippen LogP contribution in [-0.2, 0) is 18.3 Å². The average molecular weight is 333 g/mol. The van der Waals surface area contributed by atoms with Crippen LogP contribution in [-0.4, -0.2) is 34.0 Å². The lowest BCUT2D eigenvalue weighted by molar-refractivity contribution is 0.0503. The molecule has 0 bridgehead atoms. The number of carbonyl (C=O) groups excluding carboxylic acids is 1. The molecule has 24 heavy (non-hydrogen) atoms. The van der Waals surface area contributed by atoms with E-state index in [2.05, 4.69) is 20.8 Å². The van der Waals surface area contributed by atoms with Crippen LogP contribution in [0.5, 0.6) is 0 Å². The van der Waals surface area contributed by atoms with Gasteiger partial charge in [-0.3, -0.25) is 0 Å². The van der Waals surface area contributed by atoms with E-state index in [1.807, 2.05) is 30.1 Å². The number of ether oxygens (including phenoxy) is 1. The first-order valence-corrected chi connectivity index (χ1v) is 8.15. The fraction of sp³-hybridized carbons (Fsp3) is 0.562. The van der Waals surface area contributed by atoms with Crippen molar-refractivity contribution in [1.29, 1.82) is 0 Å². The molecule has 3 heterocycles. The molecule has 2 aromatic rings. The third-order valence-corrected chi connectivity index (χ3v) is 4.18. The summed E-state index contributed by atoms with van der Waals surface area (Å²) in [7, 11) is 1.95. The molecule has 0 radical (unpaired) electrons. The van der Waals surface area contributed by atoms with Gasteiger partial charge in [0.15, 0.2) is 5.82 Å². The van der Waals surface area contributed by atoms with Crippen molar-refractivity contribution >= 4 is 6.03 Å². The number of hydrogen-bond donors (Lipinski definition) is 2. The van der Waals surface area contributed by atoms with E-state index >= 15 is 0 Å². The predicted octanol–water partition coefficient (Wildman–Crippen LogP) is 1.68. The minimum Gasteiger partial charge on any atom is -0.381 e. The first-order valence-electron chi connectivity index (χ1n) is 8.15. The highest BCUT2D eigenvalue weighted by Gasteiger charge is 2.31. The number of nitrogens with one attached hydrogen (secondary N) is 2. The number of rotatable bonds is 5. The highest BCUT2D eigenvalue weighted by Crippen LogP contribution is 2.29. The number of amides is 2. The quantitative estimate of drug-likeness (QED) is 0.868.